The summed E-state index contributed by atoms with van der Waals surface area (Å²) in [6.07, 6.45) is 0.0388. The van der Waals surface area contributed by atoms with Crippen LogP contribution < -0.4 is 19.1 Å². The molecule has 0 unspecified atom stereocenters. The van der Waals surface area contributed by atoms with Gasteiger partial charge in [-0.15, -0.1) is 0 Å². The Morgan fingerprint density at radius 2 is 1.34 bits per heavy atom. The molecule has 0 saturated carbocycles. The second-order valence-corrected chi connectivity index (χ2v) is 18.1. The zero-order valence-corrected chi connectivity index (χ0v) is 25.9. The molecule has 0 spiro atoms. The van der Waals surface area contributed by atoms with E-state index in [0.29, 0.717) is 22.6 Å². The molecular weight excluding hydrogens is 589 g/mol. The monoisotopic (exact) mass is 620 g/mol. The molecule has 1 N–H and O–H groups in total. The molecule has 1 amide bonds. The predicted octanol–water partition coefficient (Wildman–Crippen LogP) is 3.47. The van der Waals surface area contributed by atoms with E-state index in [9.17, 15) is 21.6 Å². The SMILES string of the molecule is COc1ccc(S(=O)(=O)Oc2ccc3c(c2)CN(S(=O)(=O)c2ccc(OC)cc2)[C@@H](C(=O)NO[Si](C)(C)C)C3)cc1. The molecule has 220 valence electrons. The third-order valence-electron chi connectivity index (χ3n) is 6.25. The fraction of sp³-hybridized carbons (Fsp3) is 0.296. The van der Waals surface area contributed by atoms with Crippen molar-refractivity contribution >= 4 is 34.4 Å². The largest absolute Gasteiger partial charge is 0.497 e. The number of hydrogen-bond donors (Lipinski definition) is 1. The lowest BCUT2D eigenvalue weighted by atomic mass is 9.95. The van der Waals surface area contributed by atoms with Crippen LogP contribution in [0.1, 0.15) is 11.1 Å². The van der Waals surface area contributed by atoms with Crippen LogP contribution in [0, 0.1) is 0 Å². The molecule has 0 radical (unpaired) electrons. The van der Waals surface area contributed by atoms with Crippen LogP contribution in [0.15, 0.2) is 76.5 Å². The van der Waals surface area contributed by atoms with Crippen LogP contribution in [0.3, 0.4) is 0 Å². The van der Waals surface area contributed by atoms with Crippen molar-refractivity contribution < 1.29 is 39.8 Å². The smallest absolute Gasteiger partial charge is 0.339 e. The summed E-state index contributed by atoms with van der Waals surface area (Å²) >= 11 is 0. The maximum absolute atomic E-state index is 13.8. The van der Waals surface area contributed by atoms with Gasteiger partial charge in [-0.1, -0.05) is 6.07 Å². The number of nitrogens with one attached hydrogen (secondary N) is 1. The lowest BCUT2D eigenvalue weighted by Crippen LogP contribution is -2.53. The second kappa shape index (κ2) is 11.8. The van der Waals surface area contributed by atoms with Gasteiger partial charge < -0.3 is 18.2 Å². The summed E-state index contributed by atoms with van der Waals surface area (Å²) in [6.45, 7) is 5.46. The van der Waals surface area contributed by atoms with Crippen LogP contribution in [0.4, 0.5) is 0 Å². The molecule has 3 aromatic rings. The number of ether oxygens (including phenoxy) is 2. The quantitative estimate of drug-likeness (QED) is 0.205. The molecule has 1 heterocycles. The third kappa shape index (κ3) is 7.08. The Labute approximate surface area is 241 Å². The highest BCUT2D eigenvalue weighted by molar-refractivity contribution is 7.89. The summed E-state index contributed by atoms with van der Waals surface area (Å²) in [5, 5.41) is 0. The number of amides is 1. The number of sulfonamides is 1. The highest BCUT2D eigenvalue weighted by Crippen LogP contribution is 2.33. The van der Waals surface area contributed by atoms with Crippen molar-refractivity contribution in [2.24, 2.45) is 0 Å². The number of carbonyl (C=O) groups excluding carboxylic acids is 1. The van der Waals surface area contributed by atoms with Gasteiger partial charge in [0.15, 0.2) is 0 Å². The van der Waals surface area contributed by atoms with Gasteiger partial charge in [0.25, 0.3) is 5.91 Å². The Morgan fingerprint density at radius 3 is 1.88 bits per heavy atom. The van der Waals surface area contributed by atoms with Crippen LogP contribution in [0.2, 0.25) is 19.6 Å². The van der Waals surface area contributed by atoms with Crippen LogP contribution in [0.25, 0.3) is 0 Å². The molecule has 4 rings (SSSR count). The van der Waals surface area contributed by atoms with Crippen molar-refractivity contribution in [3.63, 3.8) is 0 Å². The summed E-state index contributed by atoms with van der Waals surface area (Å²) < 4.78 is 75.6. The average molecular weight is 621 g/mol. The molecule has 0 aliphatic carbocycles. The number of methoxy groups -OCH3 is 2. The Kier molecular flexibility index (Phi) is 8.80. The lowest BCUT2D eigenvalue weighted by molar-refractivity contribution is -0.132. The number of rotatable bonds is 10. The molecule has 41 heavy (non-hydrogen) atoms. The van der Waals surface area contributed by atoms with Gasteiger partial charge in [0, 0.05) is 6.54 Å². The molecule has 14 heteroatoms. The van der Waals surface area contributed by atoms with Crippen LogP contribution >= 0.6 is 0 Å². The molecule has 1 aliphatic rings. The second-order valence-electron chi connectivity index (χ2n) is 10.3. The van der Waals surface area contributed by atoms with Gasteiger partial charge in [0.1, 0.15) is 28.2 Å². The summed E-state index contributed by atoms with van der Waals surface area (Å²) in [4.78, 5) is 13.1. The first-order valence-corrected chi connectivity index (χ1v) is 18.8. The minimum absolute atomic E-state index is 0.00586. The number of carbonyl (C=O) groups is 1. The molecule has 0 bridgehead atoms. The van der Waals surface area contributed by atoms with Crippen LogP contribution in [0.5, 0.6) is 17.2 Å². The van der Waals surface area contributed by atoms with Gasteiger partial charge in [-0.05, 0) is 97.9 Å². The molecule has 3 aromatic carbocycles. The lowest BCUT2D eigenvalue weighted by Gasteiger charge is -2.35. The van der Waals surface area contributed by atoms with Gasteiger partial charge in [-0.3, -0.25) is 4.79 Å². The van der Waals surface area contributed by atoms with E-state index in [1.807, 2.05) is 19.6 Å². The van der Waals surface area contributed by atoms with Crippen molar-refractivity contribution in [1.82, 2.24) is 9.79 Å². The van der Waals surface area contributed by atoms with Gasteiger partial charge >= 0.3 is 10.1 Å². The summed E-state index contributed by atoms with van der Waals surface area (Å²) in [7, 11) is -7.57. The zero-order valence-electron chi connectivity index (χ0n) is 23.3. The molecule has 11 nitrogen and oxygen atoms in total. The number of nitrogens with zero attached hydrogens (tertiary/aromatic N) is 1. The maximum atomic E-state index is 13.8. The van der Waals surface area contributed by atoms with Crippen molar-refractivity contribution in [2.45, 2.75) is 48.4 Å². The highest BCUT2D eigenvalue weighted by atomic mass is 32.2. The fourth-order valence-electron chi connectivity index (χ4n) is 4.14. The topological polar surface area (TPSA) is 138 Å². The number of hydrogen-bond acceptors (Lipinski definition) is 9. The number of fused-ring (bicyclic) bond motifs is 1. The first-order chi connectivity index (χ1) is 19.2. The highest BCUT2D eigenvalue weighted by Gasteiger charge is 2.40. The minimum Gasteiger partial charge on any atom is -0.497 e. The van der Waals surface area contributed by atoms with E-state index in [4.69, 9.17) is 18.2 Å². The molecule has 0 aromatic heterocycles. The van der Waals surface area contributed by atoms with E-state index in [1.165, 1.54) is 74.9 Å². The fourth-order valence-corrected chi connectivity index (χ4v) is 7.03. The first-order valence-electron chi connectivity index (χ1n) is 12.6. The standard InChI is InChI=1S/C27H32N2O9S2Si/c1-35-21-8-12-24(13-9-21)39(31,32)29-18-20-16-23(37-40(33,34)25-14-10-22(36-2)11-15-25)7-6-19(20)17-26(29)27(30)28-38-41(3,4)5/h6-16,26H,17-18H2,1-5H3,(H,28,30)/t26-/m1/s1. The Balaban J connectivity index is 1.67. The van der Waals surface area contributed by atoms with Crippen molar-refractivity contribution in [3.8, 4) is 17.2 Å². The van der Waals surface area contributed by atoms with E-state index in [1.54, 1.807) is 6.07 Å². The molecule has 1 aliphatic heterocycles. The van der Waals surface area contributed by atoms with Crippen LogP contribution in [-0.2, 0) is 42.4 Å². The van der Waals surface area contributed by atoms with Gasteiger partial charge in [0.05, 0.1) is 19.1 Å². The Hall–Kier alpha value is -3.43. The summed E-state index contributed by atoms with van der Waals surface area (Å²) in [5.41, 5.74) is 3.62. The normalized spacial score (nSPS) is 16.0. The Morgan fingerprint density at radius 1 is 0.805 bits per heavy atom. The van der Waals surface area contributed by atoms with Crippen molar-refractivity contribution in [2.75, 3.05) is 14.2 Å². The number of hydroxylamine groups is 1. The molecule has 1 atom stereocenters. The minimum atomic E-state index is -4.18. The van der Waals surface area contributed by atoms with E-state index in [-0.39, 0.29) is 28.5 Å². The van der Waals surface area contributed by atoms with Gasteiger partial charge in [0.2, 0.25) is 18.3 Å². The predicted molar refractivity (Wildman–Crippen MR) is 153 cm³/mol. The summed E-state index contributed by atoms with van der Waals surface area (Å²) in [5.74, 6) is 0.374. The van der Waals surface area contributed by atoms with Crippen molar-refractivity contribution in [3.05, 3.63) is 77.9 Å². The average Bonchev–Trinajstić information content (AvgIpc) is 2.94. The van der Waals surface area contributed by atoms with Crippen molar-refractivity contribution in [1.29, 1.82) is 0 Å². The first kappa shape index (κ1) is 30.5. The molecule has 0 fully saturated rings. The maximum Gasteiger partial charge on any atom is 0.339 e. The van der Waals surface area contributed by atoms with Gasteiger partial charge in [-0.25, -0.2) is 13.9 Å². The third-order valence-corrected chi connectivity index (χ3v) is 10.1. The van der Waals surface area contributed by atoms with Crippen LogP contribution in [-0.4, -0.2) is 55.6 Å². The van der Waals surface area contributed by atoms with E-state index in [0.717, 1.165) is 4.31 Å². The van der Waals surface area contributed by atoms with E-state index >= 15 is 0 Å². The Bertz CT molecular complexity index is 1620. The molecule has 0 saturated heterocycles. The zero-order chi connectivity index (χ0) is 30.0. The van der Waals surface area contributed by atoms with E-state index in [2.05, 4.69) is 5.48 Å². The summed E-state index contributed by atoms with van der Waals surface area (Å²) in [6, 6.07) is 15.0. The van der Waals surface area contributed by atoms with Gasteiger partial charge in [-0.2, -0.15) is 12.7 Å². The van der Waals surface area contributed by atoms with E-state index < -0.39 is 40.4 Å². The number of benzene rings is 3. The molecular formula is C27H32N2O9S2Si.